The Hall–Kier alpha value is -1.88. The molecule has 6 heteroatoms. The highest BCUT2D eigenvalue weighted by atomic mass is 35.5. The molecule has 0 saturated carbocycles. The number of hydrogen-bond donors (Lipinski definition) is 1. The predicted molar refractivity (Wildman–Crippen MR) is 72.3 cm³/mol. The second kappa shape index (κ2) is 6.33. The predicted octanol–water partition coefficient (Wildman–Crippen LogP) is 3.88. The van der Waals surface area contributed by atoms with E-state index in [1.165, 1.54) is 18.2 Å². The van der Waals surface area contributed by atoms with E-state index in [1.54, 1.807) is 12.3 Å². The zero-order valence-electron chi connectivity index (χ0n) is 10.4. The van der Waals surface area contributed by atoms with E-state index >= 15 is 0 Å². The molecule has 0 amide bonds. The number of aromatic nitrogens is 2. The molecule has 1 aromatic heterocycles. The quantitative estimate of drug-likeness (QED) is 0.903. The van der Waals surface area contributed by atoms with E-state index in [0.29, 0.717) is 17.6 Å². The minimum absolute atomic E-state index is 0.0101. The maximum atomic E-state index is 13.0. The summed E-state index contributed by atoms with van der Waals surface area (Å²) in [5, 5.41) is 3.06. The maximum absolute atomic E-state index is 13.0. The topological polar surface area (TPSA) is 47.0 Å². The maximum Gasteiger partial charge on any atom is 0.225 e. The normalized spacial score (nSPS) is 10.3. The number of hydrogen-bond acceptors (Lipinski definition) is 4. The molecule has 100 valence electrons. The van der Waals surface area contributed by atoms with E-state index in [0.717, 1.165) is 13.0 Å². The van der Waals surface area contributed by atoms with E-state index < -0.39 is 5.82 Å². The third-order valence-corrected chi connectivity index (χ3v) is 2.57. The lowest BCUT2D eigenvalue weighted by atomic mass is 10.3. The number of rotatable bonds is 5. The smallest absolute Gasteiger partial charge is 0.225 e. The van der Waals surface area contributed by atoms with Gasteiger partial charge in [0.05, 0.1) is 5.02 Å². The van der Waals surface area contributed by atoms with Crippen LogP contribution >= 0.6 is 11.6 Å². The Morgan fingerprint density at radius 3 is 2.95 bits per heavy atom. The summed E-state index contributed by atoms with van der Waals surface area (Å²) in [7, 11) is 0. The van der Waals surface area contributed by atoms with Gasteiger partial charge in [-0.1, -0.05) is 18.5 Å². The fourth-order valence-corrected chi connectivity index (χ4v) is 1.55. The Morgan fingerprint density at radius 1 is 1.37 bits per heavy atom. The molecule has 0 spiro atoms. The van der Waals surface area contributed by atoms with Gasteiger partial charge in [0.25, 0.3) is 0 Å². The summed E-state index contributed by atoms with van der Waals surface area (Å²) in [6.07, 6.45) is 2.56. The van der Waals surface area contributed by atoms with E-state index in [4.69, 9.17) is 16.3 Å². The highest BCUT2D eigenvalue weighted by Crippen LogP contribution is 2.25. The van der Waals surface area contributed by atoms with Crippen molar-refractivity contribution in [3.05, 3.63) is 41.3 Å². The Kier molecular flexibility index (Phi) is 4.52. The molecule has 0 unspecified atom stereocenters. The van der Waals surface area contributed by atoms with Crippen LogP contribution in [0.2, 0.25) is 5.02 Å². The molecular formula is C13H13ClFN3O. The number of anilines is 1. The Labute approximate surface area is 115 Å². The van der Waals surface area contributed by atoms with Gasteiger partial charge in [-0.25, -0.2) is 9.37 Å². The van der Waals surface area contributed by atoms with Gasteiger partial charge in [-0.05, 0) is 18.6 Å². The van der Waals surface area contributed by atoms with Crippen LogP contribution in [-0.2, 0) is 0 Å². The molecule has 1 N–H and O–H groups in total. The fraction of sp³-hybridized carbons (Fsp3) is 0.231. The Balaban J connectivity index is 2.11. The first kappa shape index (κ1) is 13.5. The van der Waals surface area contributed by atoms with Crippen LogP contribution in [0.3, 0.4) is 0 Å². The summed E-state index contributed by atoms with van der Waals surface area (Å²) in [5.74, 6) is 0.803. The van der Waals surface area contributed by atoms with Gasteiger partial charge in [0, 0.05) is 24.9 Å². The number of ether oxygens (including phenoxy) is 1. The van der Waals surface area contributed by atoms with Gasteiger partial charge in [0.15, 0.2) is 0 Å². The van der Waals surface area contributed by atoms with Crippen molar-refractivity contribution in [2.45, 2.75) is 13.3 Å². The lowest BCUT2D eigenvalue weighted by Crippen LogP contribution is -2.04. The third kappa shape index (κ3) is 3.79. The molecule has 0 atom stereocenters. The van der Waals surface area contributed by atoms with Crippen molar-refractivity contribution in [1.82, 2.24) is 9.97 Å². The van der Waals surface area contributed by atoms with Gasteiger partial charge in [0.1, 0.15) is 11.6 Å². The first-order chi connectivity index (χ1) is 9.19. The number of benzene rings is 1. The summed E-state index contributed by atoms with van der Waals surface area (Å²) < 4.78 is 18.5. The van der Waals surface area contributed by atoms with E-state index in [1.807, 2.05) is 6.92 Å². The summed E-state index contributed by atoms with van der Waals surface area (Å²) in [6, 6.07) is 5.75. The molecule has 0 radical (unpaired) electrons. The van der Waals surface area contributed by atoms with Gasteiger partial charge >= 0.3 is 0 Å². The second-order valence-corrected chi connectivity index (χ2v) is 4.23. The molecular weight excluding hydrogens is 269 g/mol. The van der Waals surface area contributed by atoms with Crippen LogP contribution in [0.5, 0.6) is 11.6 Å². The standard InChI is InChI=1S/C13H13ClFN3O/c1-2-6-16-13-17-7-5-12(18-13)19-9-3-4-11(15)10(14)8-9/h3-5,7-8H,2,6H2,1H3,(H,16,17,18). The average Bonchev–Trinajstić information content (AvgIpc) is 2.41. The van der Waals surface area contributed by atoms with E-state index in [-0.39, 0.29) is 5.02 Å². The lowest BCUT2D eigenvalue weighted by Gasteiger charge is -2.07. The van der Waals surface area contributed by atoms with Crippen LogP contribution in [0, 0.1) is 5.82 Å². The first-order valence-electron chi connectivity index (χ1n) is 5.89. The highest BCUT2D eigenvalue weighted by molar-refractivity contribution is 6.30. The van der Waals surface area contributed by atoms with Crippen LogP contribution in [0.1, 0.15) is 13.3 Å². The van der Waals surface area contributed by atoms with Crippen molar-refractivity contribution in [1.29, 1.82) is 0 Å². The summed E-state index contributed by atoms with van der Waals surface area (Å²) in [6.45, 7) is 2.83. The van der Waals surface area contributed by atoms with Crippen molar-refractivity contribution in [3.8, 4) is 11.6 Å². The van der Waals surface area contributed by atoms with Crippen molar-refractivity contribution in [2.24, 2.45) is 0 Å². The number of halogens is 2. The van der Waals surface area contributed by atoms with Crippen LogP contribution in [0.25, 0.3) is 0 Å². The second-order valence-electron chi connectivity index (χ2n) is 3.82. The average molecular weight is 282 g/mol. The Bertz CT molecular complexity index is 565. The lowest BCUT2D eigenvalue weighted by molar-refractivity contribution is 0.460. The number of nitrogens with one attached hydrogen (secondary N) is 1. The van der Waals surface area contributed by atoms with E-state index in [9.17, 15) is 4.39 Å². The molecule has 1 heterocycles. The molecule has 19 heavy (non-hydrogen) atoms. The summed E-state index contributed by atoms with van der Waals surface area (Å²) >= 11 is 5.68. The molecule has 1 aromatic carbocycles. The van der Waals surface area contributed by atoms with Crippen LogP contribution in [0.4, 0.5) is 10.3 Å². The van der Waals surface area contributed by atoms with Crippen LogP contribution in [-0.4, -0.2) is 16.5 Å². The molecule has 0 aliphatic heterocycles. The molecule has 0 aliphatic rings. The largest absolute Gasteiger partial charge is 0.439 e. The molecule has 0 bridgehead atoms. The SMILES string of the molecule is CCCNc1nccc(Oc2ccc(F)c(Cl)c2)n1. The van der Waals surface area contributed by atoms with Gasteiger partial charge in [-0.2, -0.15) is 4.98 Å². The summed E-state index contributed by atoms with van der Waals surface area (Å²) in [4.78, 5) is 8.24. The molecule has 2 rings (SSSR count). The fourth-order valence-electron chi connectivity index (χ4n) is 1.38. The Morgan fingerprint density at radius 2 is 2.21 bits per heavy atom. The van der Waals surface area contributed by atoms with Crippen LogP contribution in [0.15, 0.2) is 30.5 Å². The molecule has 0 saturated heterocycles. The highest BCUT2D eigenvalue weighted by Gasteiger charge is 2.04. The van der Waals surface area contributed by atoms with E-state index in [2.05, 4.69) is 15.3 Å². The molecule has 0 fully saturated rings. The first-order valence-corrected chi connectivity index (χ1v) is 6.26. The van der Waals surface area contributed by atoms with Crippen molar-refractivity contribution >= 4 is 17.5 Å². The van der Waals surface area contributed by atoms with Crippen LogP contribution < -0.4 is 10.1 Å². The molecule has 0 aliphatic carbocycles. The minimum atomic E-state index is -0.484. The van der Waals surface area contributed by atoms with Crippen molar-refractivity contribution in [2.75, 3.05) is 11.9 Å². The minimum Gasteiger partial charge on any atom is -0.439 e. The zero-order chi connectivity index (χ0) is 13.7. The van der Waals surface area contributed by atoms with Gasteiger partial charge in [0.2, 0.25) is 11.8 Å². The van der Waals surface area contributed by atoms with Gasteiger partial charge in [-0.15, -0.1) is 0 Å². The summed E-state index contributed by atoms with van der Waals surface area (Å²) in [5.41, 5.74) is 0. The van der Waals surface area contributed by atoms with Gasteiger partial charge < -0.3 is 10.1 Å². The molecule has 2 aromatic rings. The monoisotopic (exact) mass is 281 g/mol. The third-order valence-electron chi connectivity index (χ3n) is 2.28. The number of nitrogens with zero attached hydrogens (tertiary/aromatic N) is 2. The zero-order valence-corrected chi connectivity index (χ0v) is 11.1. The van der Waals surface area contributed by atoms with Gasteiger partial charge in [-0.3, -0.25) is 0 Å². The molecule has 4 nitrogen and oxygen atoms in total. The van der Waals surface area contributed by atoms with Crippen molar-refractivity contribution in [3.63, 3.8) is 0 Å². The van der Waals surface area contributed by atoms with Crippen molar-refractivity contribution < 1.29 is 9.13 Å².